The van der Waals surface area contributed by atoms with Crippen LogP contribution in [-0.2, 0) is 4.79 Å². The predicted octanol–water partition coefficient (Wildman–Crippen LogP) is 2.82. The summed E-state index contributed by atoms with van der Waals surface area (Å²) < 4.78 is 0. The van der Waals surface area contributed by atoms with Crippen LogP contribution in [0.5, 0.6) is 0 Å². The molecule has 1 radical (unpaired) electrons. The summed E-state index contributed by atoms with van der Waals surface area (Å²) in [5.41, 5.74) is 2.80. The van der Waals surface area contributed by atoms with Gasteiger partial charge in [-0.3, -0.25) is 14.9 Å². The Morgan fingerprint density at radius 2 is 1.78 bits per heavy atom. The van der Waals surface area contributed by atoms with Gasteiger partial charge in [0.05, 0.1) is 16.4 Å². The maximum atomic E-state index is 11.1. The van der Waals surface area contributed by atoms with Crippen molar-refractivity contribution >= 4 is 12.0 Å². The molecule has 2 aromatic rings. The zero-order valence-corrected chi connectivity index (χ0v) is 9.29. The van der Waals surface area contributed by atoms with Crippen LogP contribution in [-0.4, -0.2) is 11.2 Å². The Kier molecular flexibility index (Phi) is 2.23. The Bertz CT molecular complexity index is 664. The summed E-state index contributed by atoms with van der Waals surface area (Å²) in [5.74, 6) is -0.518. The highest BCUT2D eigenvalue weighted by Gasteiger charge is 2.33. The van der Waals surface area contributed by atoms with Gasteiger partial charge < -0.3 is 0 Å². The van der Waals surface area contributed by atoms with Gasteiger partial charge in [0.15, 0.2) is 0 Å². The second kappa shape index (κ2) is 3.77. The van der Waals surface area contributed by atoms with Crippen molar-refractivity contribution in [3.8, 4) is 11.1 Å². The molecule has 87 valence electrons. The molecule has 3 rings (SSSR count). The monoisotopic (exact) mass is 238 g/mol. The van der Waals surface area contributed by atoms with Crippen molar-refractivity contribution in [1.29, 1.82) is 0 Å². The summed E-state index contributed by atoms with van der Waals surface area (Å²) in [4.78, 5) is 21.8. The molecule has 0 heterocycles. The lowest BCUT2D eigenvalue weighted by Crippen LogP contribution is -1.97. The molecule has 0 saturated heterocycles. The molecule has 18 heavy (non-hydrogen) atoms. The van der Waals surface area contributed by atoms with Crippen LogP contribution in [0.25, 0.3) is 11.1 Å². The Morgan fingerprint density at radius 3 is 2.50 bits per heavy atom. The molecule has 0 N–H and O–H groups in total. The van der Waals surface area contributed by atoms with E-state index in [0.717, 1.165) is 11.1 Å². The van der Waals surface area contributed by atoms with Crippen LogP contribution in [0.1, 0.15) is 17.0 Å². The Morgan fingerprint density at radius 1 is 1.06 bits per heavy atom. The summed E-state index contributed by atoms with van der Waals surface area (Å²) in [6.45, 7) is 0. The zero-order chi connectivity index (χ0) is 12.7. The van der Waals surface area contributed by atoms with Gasteiger partial charge in [-0.25, -0.2) is 0 Å². The molecular weight excluding hydrogens is 230 g/mol. The van der Waals surface area contributed by atoms with Crippen molar-refractivity contribution in [2.75, 3.05) is 0 Å². The van der Waals surface area contributed by atoms with E-state index in [2.05, 4.69) is 0 Å². The maximum Gasteiger partial charge on any atom is 0.277 e. The standard InChI is InChI=1S/C14H8NO3/c16-8-12-9-4-1-2-5-10(9)14-11(12)6-3-7-13(14)15(17)18/h1-7,12H. The van der Waals surface area contributed by atoms with Gasteiger partial charge in [0.25, 0.3) is 5.69 Å². The molecule has 1 unspecified atom stereocenters. The van der Waals surface area contributed by atoms with E-state index in [4.69, 9.17) is 0 Å². The largest absolute Gasteiger partial charge is 0.290 e. The third kappa shape index (κ3) is 1.29. The number of nitro groups is 1. The summed E-state index contributed by atoms with van der Waals surface area (Å²) in [6, 6.07) is 12.1. The number of hydrogen-bond acceptors (Lipinski definition) is 3. The molecule has 0 bridgehead atoms. The van der Waals surface area contributed by atoms with Gasteiger partial charge in [-0.05, 0) is 16.7 Å². The average molecular weight is 238 g/mol. The zero-order valence-electron chi connectivity index (χ0n) is 9.29. The first-order chi connectivity index (χ1) is 8.74. The van der Waals surface area contributed by atoms with Gasteiger partial charge in [-0.2, -0.15) is 0 Å². The highest BCUT2D eigenvalue weighted by atomic mass is 16.6. The van der Waals surface area contributed by atoms with Crippen LogP contribution >= 0.6 is 0 Å². The minimum absolute atomic E-state index is 0.0395. The number of nitro benzene ring substituents is 1. The highest BCUT2D eigenvalue weighted by Crippen LogP contribution is 2.47. The molecular formula is C14H8NO3. The fourth-order valence-electron chi connectivity index (χ4n) is 2.51. The molecule has 1 atom stereocenters. The third-order valence-corrected chi connectivity index (χ3v) is 3.24. The topological polar surface area (TPSA) is 60.2 Å². The van der Waals surface area contributed by atoms with Crippen LogP contribution in [0.2, 0.25) is 0 Å². The number of carbonyl (C=O) groups excluding carboxylic acids is 1. The summed E-state index contributed by atoms with van der Waals surface area (Å²) in [5, 5.41) is 11.1. The van der Waals surface area contributed by atoms with Crippen LogP contribution in [0.4, 0.5) is 5.69 Å². The van der Waals surface area contributed by atoms with Crippen LogP contribution in [0.15, 0.2) is 42.5 Å². The lowest BCUT2D eigenvalue weighted by molar-refractivity contribution is -0.384. The van der Waals surface area contributed by atoms with E-state index in [-0.39, 0.29) is 5.69 Å². The first kappa shape index (κ1) is 10.7. The molecule has 0 spiro atoms. The van der Waals surface area contributed by atoms with Gasteiger partial charge in [0.2, 0.25) is 6.29 Å². The first-order valence-corrected chi connectivity index (χ1v) is 5.48. The third-order valence-electron chi connectivity index (χ3n) is 3.24. The predicted molar refractivity (Wildman–Crippen MR) is 66.1 cm³/mol. The van der Waals surface area contributed by atoms with Crippen LogP contribution in [0.3, 0.4) is 0 Å². The highest BCUT2D eigenvalue weighted by molar-refractivity contribution is 5.92. The lowest BCUT2D eigenvalue weighted by Gasteiger charge is -2.02. The summed E-state index contributed by atoms with van der Waals surface area (Å²) in [6.07, 6.45) is 1.97. The molecule has 4 nitrogen and oxygen atoms in total. The Labute approximate surface area is 103 Å². The molecule has 0 amide bonds. The molecule has 4 heteroatoms. The quantitative estimate of drug-likeness (QED) is 0.597. The van der Waals surface area contributed by atoms with Gasteiger partial charge >= 0.3 is 0 Å². The van der Waals surface area contributed by atoms with Gasteiger partial charge in [-0.15, -0.1) is 0 Å². The van der Waals surface area contributed by atoms with Gasteiger partial charge in [-0.1, -0.05) is 36.4 Å². The van der Waals surface area contributed by atoms with Crippen molar-refractivity contribution in [3.05, 3.63) is 63.7 Å². The Hall–Kier alpha value is -2.49. The van der Waals surface area contributed by atoms with E-state index in [0.29, 0.717) is 11.1 Å². The number of benzene rings is 2. The number of nitrogens with zero attached hydrogens (tertiary/aromatic N) is 1. The smallest absolute Gasteiger partial charge is 0.277 e. The fourth-order valence-corrected chi connectivity index (χ4v) is 2.51. The van der Waals surface area contributed by atoms with Crippen molar-refractivity contribution in [2.45, 2.75) is 5.92 Å². The SMILES string of the molecule is O=[C]C1c2ccccc2-c2c1cccc2[N+](=O)[O-]. The molecule has 0 aliphatic heterocycles. The molecule has 0 saturated carbocycles. The molecule has 0 fully saturated rings. The van der Waals surface area contributed by atoms with Crippen molar-refractivity contribution in [3.63, 3.8) is 0 Å². The maximum absolute atomic E-state index is 11.1. The molecule has 2 aromatic carbocycles. The van der Waals surface area contributed by atoms with Crippen molar-refractivity contribution in [1.82, 2.24) is 0 Å². The van der Waals surface area contributed by atoms with E-state index >= 15 is 0 Å². The normalized spacial score (nSPS) is 15.9. The average Bonchev–Trinajstić information content (AvgIpc) is 2.72. The molecule has 1 aliphatic carbocycles. The minimum Gasteiger partial charge on any atom is -0.290 e. The van der Waals surface area contributed by atoms with E-state index in [1.54, 1.807) is 18.2 Å². The van der Waals surface area contributed by atoms with Crippen LogP contribution < -0.4 is 0 Å². The van der Waals surface area contributed by atoms with Crippen molar-refractivity contribution in [2.24, 2.45) is 0 Å². The summed E-state index contributed by atoms with van der Waals surface area (Å²) >= 11 is 0. The fraction of sp³-hybridized carbons (Fsp3) is 0.0714. The molecule has 1 aliphatic rings. The van der Waals surface area contributed by atoms with E-state index in [9.17, 15) is 14.9 Å². The second-order valence-corrected chi connectivity index (χ2v) is 4.14. The molecule has 0 aromatic heterocycles. The Balaban J connectivity index is 2.39. The van der Waals surface area contributed by atoms with Crippen molar-refractivity contribution < 1.29 is 9.72 Å². The van der Waals surface area contributed by atoms with E-state index in [1.165, 1.54) is 6.07 Å². The minimum atomic E-state index is -0.518. The first-order valence-electron chi connectivity index (χ1n) is 5.48. The van der Waals surface area contributed by atoms with Crippen LogP contribution in [0, 0.1) is 10.1 Å². The number of rotatable bonds is 2. The van der Waals surface area contributed by atoms with E-state index in [1.807, 2.05) is 24.5 Å². The number of fused-ring (bicyclic) bond motifs is 3. The lowest BCUT2D eigenvalue weighted by atomic mass is 9.99. The number of hydrogen-bond donors (Lipinski definition) is 0. The van der Waals surface area contributed by atoms with Gasteiger partial charge in [0, 0.05) is 6.07 Å². The van der Waals surface area contributed by atoms with Gasteiger partial charge in [0.1, 0.15) is 0 Å². The second-order valence-electron chi connectivity index (χ2n) is 4.14. The summed E-state index contributed by atoms with van der Waals surface area (Å²) in [7, 11) is 0. The van der Waals surface area contributed by atoms with E-state index < -0.39 is 10.8 Å².